The Hall–Kier alpha value is -19.3. The summed E-state index contributed by atoms with van der Waals surface area (Å²) in [5.74, 6) is 2.12. The molecule has 0 radical (unpaired) electrons. The number of benzene rings is 18. The highest BCUT2D eigenvalue weighted by Crippen LogP contribution is 2.46. The third-order valence-corrected chi connectivity index (χ3v) is 26.5. The van der Waals surface area contributed by atoms with E-state index in [0.717, 1.165) is 243 Å². The van der Waals surface area contributed by atoms with Crippen LogP contribution < -0.4 is 0 Å². The second kappa shape index (κ2) is 37.1. The molecule has 0 amide bonds. The lowest BCUT2D eigenvalue weighted by Crippen LogP contribution is -1.97. The van der Waals surface area contributed by atoms with Gasteiger partial charge in [0, 0.05) is 133 Å². The van der Waals surface area contributed by atoms with Gasteiger partial charge in [-0.2, -0.15) is 0 Å². The molecular formula is C130H82N12. The molecule has 18 aromatic carbocycles. The van der Waals surface area contributed by atoms with E-state index < -0.39 is 0 Å². The SMILES string of the molecule is c1ccc(-c2cc(-c3ccc(-c4c5ccccc5nc5c4ccc4ccc(-c6ccccc6)nc45)cc3)nc(-c3ccccc3)n2)cc1.c1ccc(-c2cc(-c3ccc(-c4c5ccccc5nc5c4ccc4cccnc45)c4ccccc34)nc(-c3ccccc3)n2)cc1.c1ccc(-c2cc(-c3ccc(-c4ccc(-c5c6ccccc6nc6c5ccc5cccnc56)cc4)cc3)nc(-c3ccccc3)n2)cc1. The Kier molecular flexibility index (Phi) is 22.0. The highest BCUT2D eigenvalue weighted by Gasteiger charge is 2.24. The molecule has 662 valence electrons. The summed E-state index contributed by atoms with van der Waals surface area (Å²) in [6.07, 6.45) is 3.69. The molecule has 0 unspecified atom stereocenters. The minimum absolute atomic E-state index is 0.704. The minimum Gasteiger partial charge on any atom is -0.254 e. The van der Waals surface area contributed by atoms with Gasteiger partial charge in [0.1, 0.15) is 0 Å². The van der Waals surface area contributed by atoms with Crippen LogP contribution in [0.25, 0.3) is 266 Å². The van der Waals surface area contributed by atoms with Gasteiger partial charge in [0.05, 0.1) is 89.5 Å². The molecule has 0 aliphatic carbocycles. The summed E-state index contributed by atoms with van der Waals surface area (Å²) in [5.41, 5.74) is 34.2. The van der Waals surface area contributed by atoms with Crippen molar-refractivity contribution in [1.29, 1.82) is 0 Å². The van der Waals surface area contributed by atoms with E-state index in [9.17, 15) is 0 Å². The van der Waals surface area contributed by atoms with Crippen LogP contribution in [-0.2, 0) is 0 Å². The Morgan fingerprint density at radius 3 is 0.782 bits per heavy atom. The molecule has 27 aromatic rings. The third-order valence-electron chi connectivity index (χ3n) is 26.5. The molecule has 0 saturated carbocycles. The minimum atomic E-state index is 0.704. The van der Waals surface area contributed by atoms with Crippen molar-refractivity contribution >= 4 is 109 Å². The number of nitrogens with zero attached hydrogens (tertiary/aromatic N) is 12. The van der Waals surface area contributed by atoms with Crippen LogP contribution in [-0.4, -0.2) is 59.8 Å². The molecule has 9 aromatic heterocycles. The number of hydrogen-bond donors (Lipinski definition) is 0. The van der Waals surface area contributed by atoms with Gasteiger partial charge in [0.15, 0.2) is 17.5 Å². The van der Waals surface area contributed by atoms with Gasteiger partial charge in [0.25, 0.3) is 0 Å². The first-order valence-electron chi connectivity index (χ1n) is 47.5. The van der Waals surface area contributed by atoms with Crippen LogP contribution in [0.3, 0.4) is 0 Å². The number of para-hydroxylation sites is 3. The maximum atomic E-state index is 5.19. The number of aromatic nitrogens is 12. The zero-order valence-corrected chi connectivity index (χ0v) is 76.7. The summed E-state index contributed by atoms with van der Waals surface area (Å²) in [7, 11) is 0. The fourth-order valence-corrected chi connectivity index (χ4v) is 19.6. The zero-order chi connectivity index (χ0) is 94.2. The Morgan fingerprint density at radius 2 is 0.394 bits per heavy atom. The summed E-state index contributed by atoms with van der Waals surface area (Å²) in [6, 6.07) is 168. The lowest BCUT2D eigenvalue weighted by atomic mass is 9.89. The van der Waals surface area contributed by atoms with Crippen LogP contribution in [0.4, 0.5) is 0 Å². The molecule has 12 heteroatoms. The predicted octanol–water partition coefficient (Wildman–Crippen LogP) is 32.7. The second-order valence-corrected chi connectivity index (χ2v) is 35.2. The predicted molar refractivity (Wildman–Crippen MR) is 584 cm³/mol. The van der Waals surface area contributed by atoms with Crippen molar-refractivity contribution in [3.05, 3.63) is 498 Å². The lowest BCUT2D eigenvalue weighted by Gasteiger charge is -2.17. The van der Waals surface area contributed by atoms with E-state index in [1.807, 2.05) is 164 Å². The first kappa shape index (κ1) is 84.4. The van der Waals surface area contributed by atoms with Crippen LogP contribution in [0.15, 0.2) is 498 Å². The molecular weight excluding hydrogens is 1730 g/mol. The maximum Gasteiger partial charge on any atom is 0.160 e. The lowest BCUT2D eigenvalue weighted by molar-refractivity contribution is 1.18. The van der Waals surface area contributed by atoms with Crippen LogP contribution >= 0.6 is 0 Å². The average molecular weight is 1810 g/mol. The Morgan fingerprint density at radius 1 is 0.127 bits per heavy atom. The first-order chi connectivity index (χ1) is 70.4. The van der Waals surface area contributed by atoms with Crippen molar-refractivity contribution in [2.24, 2.45) is 0 Å². The summed E-state index contributed by atoms with van der Waals surface area (Å²) in [5, 5.41) is 12.1. The Bertz CT molecular complexity index is 9310. The molecule has 9 heterocycles. The van der Waals surface area contributed by atoms with Crippen LogP contribution in [0.1, 0.15) is 0 Å². The van der Waals surface area contributed by atoms with Crippen molar-refractivity contribution < 1.29 is 0 Å². The number of hydrogen-bond acceptors (Lipinski definition) is 12. The van der Waals surface area contributed by atoms with Crippen LogP contribution in [0.5, 0.6) is 0 Å². The van der Waals surface area contributed by atoms with Gasteiger partial charge < -0.3 is 0 Å². The molecule has 0 spiro atoms. The quantitative estimate of drug-likeness (QED) is 0.0752. The van der Waals surface area contributed by atoms with Crippen molar-refractivity contribution in [3.8, 4) is 157 Å². The maximum absolute atomic E-state index is 5.19. The zero-order valence-electron chi connectivity index (χ0n) is 76.7. The van der Waals surface area contributed by atoms with Crippen LogP contribution in [0.2, 0.25) is 0 Å². The van der Waals surface area contributed by atoms with Gasteiger partial charge in [-0.3, -0.25) is 9.97 Å². The summed E-state index contributed by atoms with van der Waals surface area (Å²) in [6.45, 7) is 0. The van der Waals surface area contributed by atoms with Gasteiger partial charge >= 0.3 is 0 Å². The molecule has 0 bridgehead atoms. The number of rotatable bonds is 14. The number of pyridine rings is 6. The third kappa shape index (κ3) is 16.3. The fourth-order valence-electron chi connectivity index (χ4n) is 19.6. The van der Waals surface area contributed by atoms with Crippen molar-refractivity contribution in [1.82, 2.24) is 59.8 Å². The van der Waals surface area contributed by atoms with E-state index in [1.165, 1.54) is 5.56 Å². The van der Waals surface area contributed by atoms with Crippen molar-refractivity contribution in [2.75, 3.05) is 0 Å². The van der Waals surface area contributed by atoms with E-state index in [2.05, 4.69) is 334 Å². The van der Waals surface area contributed by atoms with Crippen LogP contribution in [0, 0.1) is 0 Å². The van der Waals surface area contributed by atoms with Crippen molar-refractivity contribution in [3.63, 3.8) is 0 Å². The molecule has 0 atom stereocenters. The molecule has 0 saturated heterocycles. The molecule has 12 nitrogen and oxygen atoms in total. The monoisotopic (exact) mass is 1810 g/mol. The molecule has 142 heavy (non-hydrogen) atoms. The molecule has 27 rings (SSSR count). The molecule has 0 aliphatic rings. The molecule has 0 N–H and O–H groups in total. The van der Waals surface area contributed by atoms with Gasteiger partial charge in [-0.05, 0) is 93.2 Å². The van der Waals surface area contributed by atoms with E-state index in [0.29, 0.717) is 17.5 Å². The van der Waals surface area contributed by atoms with Gasteiger partial charge in [-0.25, -0.2) is 49.8 Å². The Labute approximate surface area is 818 Å². The molecule has 0 aliphatic heterocycles. The highest BCUT2D eigenvalue weighted by molar-refractivity contribution is 6.21. The van der Waals surface area contributed by atoms with Gasteiger partial charge in [0.2, 0.25) is 0 Å². The van der Waals surface area contributed by atoms with E-state index in [-0.39, 0.29) is 0 Å². The average Bonchev–Trinajstić information content (AvgIpc) is 0.792. The number of fused-ring (bicyclic) bond motifs is 13. The van der Waals surface area contributed by atoms with E-state index >= 15 is 0 Å². The normalized spacial score (nSPS) is 11.4. The van der Waals surface area contributed by atoms with E-state index in [1.54, 1.807) is 0 Å². The summed E-state index contributed by atoms with van der Waals surface area (Å²) in [4.78, 5) is 60.1. The summed E-state index contributed by atoms with van der Waals surface area (Å²) < 4.78 is 0. The molecule has 0 fully saturated rings. The van der Waals surface area contributed by atoms with E-state index in [4.69, 9.17) is 59.8 Å². The van der Waals surface area contributed by atoms with Gasteiger partial charge in [-0.15, -0.1) is 0 Å². The van der Waals surface area contributed by atoms with Crippen molar-refractivity contribution in [2.45, 2.75) is 0 Å². The standard InChI is InChI=1S/2C44H28N4.C42H26N4/c1-4-12-29(13-5-1)37-27-25-33-24-26-36-41(35-18-10-11-19-38(35)46-43(36)42(33)45-37)32-22-20-31(21-23-32)40-28-39(30-14-6-2-7-15-30)47-44(48-40)34-16-8-3-9-17-34;1-3-10-31(11-4-1)39-28-40(48-44(47-39)35-12-5-2-6-13-35)32-21-17-29(18-22-32)30-19-23-33(24-20-30)41-36-15-7-8-16-38(36)46-43-37(41)26-25-34-14-9-27-45-42(34)43;1-3-12-27(13-4-1)37-26-38(46-42(45-37)29-14-5-2-6-15-29)32-23-24-33(31-18-8-7-17-30(31)32)39-34-19-9-10-20-36(34)44-41-35(39)22-21-28-16-11-25-43-40(28)41/h2*1-28H;1-26H. The Balaban J connectivity index is 0.000000112. The smallest absolute Gasteiger partial charge is 0.160 e. The largest absolute Gasteiger partial charge is 0.254 e. The van der Waals surface area contributed by atoms with Gasteiger partial charge in [-0.1, -0.05) is 431 Å². The second-order valence-electron chi connectivity index (χ2n) is 35.2. The topological polar surface area (TPSA) is 155 Å². The summed E-state index contributed by atoms with van der Waals surface area (Å²) >= 11 is 0. The highest BCUT2D eigenvalue weighted by atomic mass is 14.9. The first-order valence-corrected chi connectivity index (χ1v) is 47.5. The fraction of sp³-hybridized carbons (Fsp3) is 0.